The van der Waals surface area contributed by atoms with Crippen molar-refractivity contribution in [1.82, 2.24) is 9.55 Å². The number of anilines is 1. The molecule has 1 rings (SSSR count). The number of aromatic nitrogens is 2. The highest BCUT2D eigenvalue weighted by Gasteiger charge is 2.21. The third kappa shape index (κ3) is 3.48. The minimum atomic E-state index is 0.230. The molecule has 0 aliphatic carbocycles. The average Bonchev–Trinajstić information content (AvgIpc) is 2.44. The molecule has 0 unspecified atom stereocenters. The van der Waals surface area contributed by atoms with Crippen LogP contribution in [0.2, 0.25) is 0 Å². The number of nitrogen functional groups attached to an aromatic ring is 1. The highest BCUT2D eigenvalue weighted by atomic mass is 15.1. The predicted octanol–water partition coefficient (Wildman–Crippen LogP) is 3.59. The quantitative estimate of drug-likeness (QED) is 0.869. The minimum Gasteiger partial charge on any atom is -0.384 e. The van der Waals surface area contributed by atoms with Gasteiger partial charge in [-0.05, 0) is 18.3 Å². The van der Waals surface area contributed by atoms with Crippen LogP contribution in [-0.4, -0.2) is 9.55 Å². The summed E-state index contributed by atoms with van der Waals surface area (Å²) in [5, 5.41) is 0. The molecule has 2 N–H and O–H groups in total. The Morgan fingerprint density at radius 2 is 1.88 bits per heavy atom. The molecular weight excluding hydrogens is 210 g/mol. The zero-order valence-electron chi connectivity index (χ0n) is 12.2. The van der Waals surface area contributed by atoms with Crippen LogP contribution in [-0.2, 0) is 13.0 Å². The van der Waals surface area contributed by atoms with E-state index in [-0.39, 0.29) is 5.41 Å². The third-order valence-electron chi connectivity index (χ3n) is 2.77. The summed E-state index contributed by atoms with van der Waals surface area (Å²) in [5.41, 5.74) is 7.53. The van der Waals surface area contributed by atoms with E-state index in [1.807, 2.05) is 0 Å². The summed E-state index contributed by atoms with van der Waals surface area (Å²) in [7, 11) is 0. The van der Waals surface area contributed by atoms with Crippen LogP contribution in [0.15, 0.2) is 0 Å². The van der Waals surface area contributed by atoms with Crippen molar-refractivity contribution in [1.29, 1.82) is 0 Å². The number of nitrogens with two attached hydrogens (primary N) is 1. The maximum atomic E-state index is 6.24. The Morgan fingerprint density at radius 3 is 2.29 bits per heavy atom. The Hall–Kier alpha value is -0.990. The van der Waals surface area contributed by atoms with Crippen molar-refractivity contribution in [3.05, 3.63) is 11.5 Å². The normalized spacial score (nSPS) is 12.4. The lowest BCUT2D eigenvalue weighted by Gasteiger charge is -2.16. The van der Waals surface area contributed by atoms with Crippen molar-refractivity contribution < 1.29 is 0 Å². The van der Waals surface area contributed by atoms with Crippen LogP contribution in [0, 0.1) is 5.41 Å². The van der Waals surface area contributed by atoms with Crippen LogP contribution in [0.3, 0.4) is 0 Å². The Balaban J connectivity index is 3.12. The molecule has 3 nitrogen and oxygen atoms in total. The second-order valence-corrected chi connectivity index (χ2v) is 6.35. The first-order valence-electron chi connectivity index (χ1n) is 6.61. The van der Waals surface area contributed by atoms with Crippen LogP contribution >= 0.6 is 0 Å². The topological polar surface area (TPSA) is 43.8 Å². The molecule has 0 aliphatic heterocycles. The van der Waals surface area contributed by atoms with Gasteiger partial charge in [-0.15, -0.1) is 0 Å². The van der Waals surface area contributed by atoms with Crippen LogP contribution in [0.5, 0.6) is 0 Å². The first kappa shape index (κ1) is 14.1. The van der Waals surface area contributed by atoms with E-state index in [4.69, 9.17) is 10.7 Å². The van der Waals surface area contributed by atoms with Gasteiger partial charge in [0, 0.05) is 12.5 Å². The van der Waals surface area contributed by atoms with Gasteiger partial charge in [0.15, 0.2) is 0 Å². The fourth-order valence-corrected chi connectivity index (χ4v) is 2.07. The van der Waals surface area contributed by atoms with E-state index in [0.29, 0.717) is 5.92 Å². The lowest BCUT2D eigenvalue weighted by atomic mass is 9.90. The number of rotatable bonds is 4. The van der Waals surface area contributed by atoms with E-state index in [0.717, 1.165) is 36.7 Å². The van der Waals surface area contributed by atoms with Crippen LogP contribution < -0.4 is 5.73 Å². The Morgan fingerprint density at radius 1 is 1.29 bits per heavy atom. The van der Waals surface area contributed by atoms with Gasteiger partial charge in [0.05, 0.1) is 5.69 Å². The zero-order chi connectivity index (χ0) is 13.2. The van der Waals surface area contributed by atoms with Gasteiger partial charge in [0.2, 0.25) is 0 Å². The van der Waals surface area contributed by atoms with Gasteiger partial charge in [0.1, 0.15) is 11.6 Å². The lowest BCUT2D eigenvalue weighted by molar-refractivity contribution is 0.407. The Bertz CT molecular complexity index is 370. The molecule has 0 bridgehead atoms. The summed E-state index contributed by atoms with van der Waals surface area (Å²) in [5.74, 6) is 2.42. The number of imidazole rings is 1. The SMILES string of the molecule is CCCn1c(C(C)C)nc(CC(C)(C)C)c1N. The van der Waals surface area contributed by atoms with Crippen molar-refractivity contribution in [2.75, 3.05) is 5.73 Å². The molecule has 0 saturated carbocycles. The van der Waals surface area contributed by atoms with E-state index in [1.54, 1.807) is 0 Å². The molecule has 0 saturated heterocycles. The van der Waals surface area contributed by atoms with Crippen molar-refractivity contribution in [3.8, 4) is 0 Å². The first-order valence-corrected chi connectivity index (χ1v) is 6.61. The molecule has 0 fully saturated rings. The summed E-state index contributed by atoms with van der Waals surface area (Å²) < 4.78 is 2.19. The molecule has 0 amide bonds. The molecule has 0 spiro atoms. The molecule has 1 aromatic rings. The van der Waals surface area contributed by atoms with E-state index in [2.05, 4.69) is 46.1 Å². The highest BCUT2D eigenvalue weighted by molar-refractivity contribution is 5.39. The van der Waals surface area contributed by atoms with Crippen molar-refractivity contribution in [2.24, 2.45) is 5.41 Å². The molecular formula is C14H27N3. The van der Waals surface area contributed by atoms with Crippen LogP contribution in [0.4, 0.5) is 5.82 Å². The van der Waals surface area contributed by atoms with Crippen molar-refractivity contribution >= 4 is 5.82 Å². The highest BCUT2D eigenvalue weighted by Crippen LogP contribution is 2.27. The third-order valence-corrected chi connectivity index (χ3v) is 2.77. The summed E-state index contributed by atoms with van der Waals surface area (Å²) in [6, 6.07) is 0. The molecule has 98 valence electrons. The molecule has 1 aromatic heterocycles. The van der Waals surface area contributed by atoms with Gasteiger partial charge in [-0.2, -0.15) is 0 Å². The van der Waals surface area contributed by atoms with E-state index in [9.17, 15) is 0 Å². The predicted molar refractivity (Wildman–Crippen MR) is 74.2 cm³/mol. The van der Waals surface area contributed by atoms with Crippen LogP contribution in [0.25, 0.3) is 0 Å². The molecule has 3 heteroatoms. The second kappa shape index (κ2) is 5.11. The molecule has 0 atom stereocenters. The van der Waals surface area contributed by atoms with E-state index < -0.39 is 0 Å². The smallest absolute Gasteiger partial charge is 0.126 e. The first-order chi connectivity index (χ1) is 7.76. The minimum absolute atomic E-state index is 0.230. The Labute approximate surface area is 105 Å². The van der Waals surface area contributed by atoms with Gasteiger partial charge in [-0.3, -0.25) is 0 Å². The van der Waals surface area contributed by atoms with Gasteiger partial charge in [-0.1, -0.05) is 41.5 Å². The molecule has 0 aromatic carbocycles. The monoisotopic (exact) mass is 237 g/mol. The lowest BCUT2D eigenvalue weighted by Crippen LogP contribution is -2.12. The average molecular weight is 237 g/mol. The van der Waals surface area contributed by atoms with Gasteiger partial charge >= 0.3 is 0 Å². The summed E-state index contributed by atoms with van der Waals surface area (Å²) >= 11 is 0. The number of nitrogens with zero attached hydrogens (tertiary/aromatic N) is 2. The maximum absolute atomic E-state index is 6.24. The van der Waals surface area contributed by atoms with E-state index in [1.165, 1.54) is 0 Å². The summed E-state index contributed by atoms with van der Waals surface area (Å²) in [6.45, 7) is 14.2. The molecule has 17 heavy (non-hydrogen) atoms. The fourth-order valence-electron chi connectivity index (χ4n) is 2.07. The van der Waals surface area contributed by atoms with Crippen LogP contribution in [0.1, 0.15) is 65.4 Å². The number of hydrogen-bond donors (Lipinski definition) is 1. The molecule has 1 heterocycles. The standard InChI is InChI=1S/C14H27N3/c1-7-8-17-12(15)11(9-14(4,5)6)16-13(17)10(2)3/h10H,7-9,15H2,1-6H3. The summed E-state index contributed by atoms with van der Waals surface area (Å²) in [4.78, 5) is 4.75. The Kier molecular flexibility index (Phi) is 4.23. The maximum Gasteiger partial charge on any atom is 0.126 e. The van der Waals surface area contributed by atoms with Gasteiger partial charge in [0.25, 0.3) is 0 Å². The fraction of sp³-hybridized carbons (Fsp3) is 0.786. The van der Waals surface area contributed by atoms with Crippen molar-refractivity contribution in [2.45, 2.75) is 66.8 Å². The van der Waals surface area contributed by atoms with Gasteiger partial charge in [-0.25, -0.2) is 4.98 Å². The molecule has 0 radical (unpaired) electrons. The second-order valence-electron chi connectivity index (χ2n) is 6.35. The summed E-state index contributed by atoms with van der Waals surface area (Å²) in [6.07, 6.45) is 2.03. The van der Waals surface area contributed by atoms with Crippen molar-refractivity contribution in [3.63, 3.8) is 0 Å². The van der Waals surface area contributed by atoms with Gasteiger partial charge < -0.3 is 10.3 Å². The largest absolute Gasteiger partial charge is 0.384 e. The number of hydrogen-bond acceptors (Lipinski definition) is 2. The van der Waals surface area contributed by atoms with E-state index >= 15 is 0 Å². The molecule has 0 aliphatic rings. The zero-order valence-corrected chi connectivity index (χ0v) is 12.2.